The second-order valence-electron chi connectivity index (χ2n) is 3.25. The lowest BCUT2D eigenvalue weighted by atomic mass is 10.3. The van der Waals surface area contributed by atoms with E-state index in [1.165, 1.54) is 0 Å². The van der Waals surface area contributed by atoms with Gasteiger partial charge in [0.1, 0.15) is 5.69 Å². The summed E-state index contributed by atoms with van der Waals surface area (Å²) < 4.78 is 1.98. The van der Waals surface area contributed by atoms with Crippen LogP contribution in [0.25, 0.3) is 0 Å². The summed E-state index contributed by atoms with van der Waals surface area (Å²) in [4.78, 5) is 2.09. The Hall–Kier alpha value is -1.45. The van der Waals surface area contributed by atoms with Crippen LogP contribution in [-0.2, 0) is 6.54 Å². The number of nitrogens with zero attached hydrogens (tertiary/aromatic N) is 3. The number of fused-ring (bicyclic) bond motifs is 1. The van der Waals surface area contributed by atoms with Gasteiger partial charge < -0.3 is 10.2 Å². The summed E-state index contributed by atoms with van der Waals surface area (Å²) in [6.07, 6.45) is 3.93. The summed E-state index contributed by atoms with van der Waals surface area (Å²) in [6, 6.07) is 0. The van der Waals surface area contributed by atoms with Gasteiger partial charge in [-0.15, -0.1) is 0 Å². The Kier molecular flexibility index (Phi) is 1.76. The highest BCUT2D eigenvalue weighted by molar-refractivity contribution is 5.71. The first-order chi connectivity index (χ1) is 6.22. The molecule has 1 aromatic heterocycles. The molecule has 2 rings (SSSR count). The highest BCUT2D eigenvalue weighted by Crippen LogP contribution is 2.29. The van der Waals surface area contributed by atoms with Crippen molar-refractivity contribution in [3.8, 4) is 0 Å². The lowest BCUT2D eigenvalue weighted by molar-refractivity contribution is 0.657. The summed E-state index contributed by atoms with van der Waals surface area (Å²) in [6.45, 7) is 5.03. The van der Waals surface area contributed by atoms with Crippen molar-refractivity contribution in [1.29, 1.82) is 0 Å². The smallest absolute Gasteiger partial charge is 0.154 e. The standard InChI is InChI=1S/C9H14N4.H2/c1-4-13-9-8(5-10-13)11-7(2)6-12(9)3;/h5-6,11H,4H2,1-3H3;1H. The van der Waals surface area contributed by atoms with Crippen molar-refractivity contribution in [2.45, 2.75) is 20.4 Å². The molecule has 4 nitrogen and oxygen atoms in total. The molecule has 0 atom stereocenters. The summed E-state index contributed by atoms with van der Waals surface area (Å²) in [5.41, 5.74) is 2.23. The average Bonchev–Trinajstić information content (AvgIpc) is 2.47. The zero-order chi connectivity index (χ0) is 9.42. The highest BCUT2D eigenvalue weighted by atomic mass is 15.4. The second-order valence-corrected chi connectivity index (χ2v) is 3.25. The van der Waals surface area contributed by atoms with E-state index in [-0.39, 0.29) is 1.43 Å². The summed E-state index contributed by atoms with van der Waals surface area (Å²) >= 11 is 0. The van der Waals surface area contributed by atoms with Gasteiger partial charge in [-0.3, -0.25) is 0 Å². The van der Waals surface area contributed by atoms with Gasteiger partial charge in [0.15, 0.2) is 5.82 Å². The number of nitrogens with one attached hydrogen (secondary N) is 1. The Bertz CT molecular complexity index is 356. The van der Waals surface area contributed by atoms with Crippen molar-refractivity contribution in [3.05, 3.63) is 18.1 Å². The Morgan fingerprint density at radius 2 is 2.38 bits per heavy atom. The Morgan fingerprint density at radius 3 is 3.08 bits per heavy atom. The molecule has 2 heterocycles. The Morgan fingerprint density at radius 1 is 1.62 bits per heavy atom. The Balaban J connectivity index is 0.000000980. The van der Waals surface area contributed by atoms with Gasteiger partial charge in [-0.2, -0.15) is 5.10 Å². The van der Waals surface area contributed by atoms with Gasteiger partial charge in [-0.05, 0) is 13.8 Å². The largest absolute Gasteiger partial charge is 0.354 e. The van der Waals surface area contributed by atoms with Gasteiger partial charge in [0.2, 0.25) is 0 Å². The van der Waals surface area contributed by atoms with Crippen LogP contribution < -0.4 is 10.2 Å². The van der Waals surface area contributed by atoms with Crippen LogP contribution in [-0.4, -0.2) is 16.8 Å². The SMILES string of the molecule is CCn1ncc2c1N(C)C=C(C)N2.[HH]. The van der Waals surface area contributed by atoms with Crippen molar-refractivity contribution in [1.82, 2.24) is 9.78 Å². The lowest BCUT2D eigenvalue weighted by Gasteiger charge is -2.23. The normalized spacial score (nSPS) is 15.0. The van der Waals surface area contributed by atoms with Gasteiger partial charge >= 0.3 is 0 Å². The van der Waals surface area contributed by atoms with Gasteiger partial charge in [-0.25, -0.2) is 4.68 Å². The van der Waals surface area contributed by atoms with E-state index in [2.05, 4.69) is 28.4 Å². The molecule has 0 aromatic carbocycles. The molecule has 0 bridgehead atoms. The summed E-state index contributed by atoms with van der Waals surface area (Å²) in [5, 5.41) is 7.56. The van der Waals surface area contributed by atoms with E-state index in [1.807, 2.05) is 24.9 Å². The van der Waals surface area contributed by atoms with E-state index in [1.54, 1.807) is 0 Å². The van der Waals surface area contributed by atoms with Crippen molar-refractivity contribution >= 4 is 11.5 Å². The van der Waals surface area contributed by atoms with E-state index in [0.29, 0.717) is 0 Å². The molecular formula is C9H16N4. The number of aryl methyl sites for hydroxylation is 1. The minimum Gasteiger partial charge on any atom is -0.354 e. The fourth-order valence-electron chi connectivity index (χ4n) is 1.67. The maximum atomic E-state index is 4.28. The van der Waals surface area contributed by atoms with Crippen molar-refractivity contribution in [2.75, 3.05) is 17.3 Å². The fraction of sp³-hybridized carbons (Fsp3) is 0.444. The van der Waals surface area contributed by atoms with E-state index in [4.69, 9.17) is 0 Å². The zero-order valence-electron chi connectivity index (χ0n) is 8.20. The van der Waals surface area contributed by atoms with E-state index in [0.717, 1.165) is 23.7 Å². The van der Waals surface area contributed by atoms with E-state index < -0.39 is 0 Å². The second kappa shape index (κ2) is 2.80. The first-order valence-electron chi connectivity index (χ1n) is 4.46. The molecule has 0 saturated carbocycles. The van der Waals surface area contributed by atoms with E-state index in [9.17, 15) is 0 Å². The molecule has 0 radical (unpaired) electrons. The van der Waals surface area contributed by atoms with Gasteiger partial charge in [0, 0.05) is 26.9 Å². The molecule has 1 aliphatic heterocycles. The van der Waals surface area contributed by atoms with Gasteiger partial charge in [0.05, 0.1) is 6.20 Å². The lowest BCUT2D eigenvalue weighted by Crippen LogP contribution is -2.20. The Labute approximate surface area is 79.3 Å². The minimum atomic E-state index is 0. The number of rotatable bonds is 1. The van der Waals surface area contributed by atoms with Crippen LogP contribution in [0.15, 0.2) is 18.1 Å². The molecule has 13 heavy (non-hydrogen) atoms. The number of hydrogen-bond donors (Lipinski definition) is 1. The quantitative estimate of drug-likeness (QED) is 0.716. The average molecular weight is 180 g/mol. The van der Waals surface area contributed by atoms with Crippen LogP contribution in [0.1, 0.15) is 15.3 Å². The fourth-order valence-corrected chi connectivity index (χ4v) is 1.67. The van der Waals surface area contributed by atoms with Crippen LogP contribution in [0.4, 0.5) is 11.5 Å². The maximum Gasteiger partial charge on any atom is 0.154 e. The van der Waals surface area contributed by atoms with Crippen LogP contribution >= 0.6 is 0 Å². The minimum absolute atomic E-state index is 0. The monoisotopic (exact) mass is 180 g/mol. The topological polar surface area (TPSA) is 33.1 Å². The molecule has 0 spiro atoms. The van der Waals surface area contributed by atoms with Crippen molar-refractivity contribution in [2.24, 2.45) is 0 Å². The highest BCUT2D eigenvalue weighted by Gasteiger charge is 2.16. The molecule has 0 aliphatic carbocycles. The van der Waals surface area contributed by atoms with Crippen LogP contribution in [0.3, 0.4) is 0 Å². The molecule has 72 valence electrons. The molecule has 1 aromatic rings. The van der Waals surface area contributed by atoms with Crippen molar-refractivity contribution < 1.29 is 1.43 Å². The van der Waals surface area contributed by atoms with Gasteiger partial charge in [0.25, 0.3) is 0 Å². The summed E-state index contributed by atoms with van der Waals surface area (Å²) in [7, 11) is 2.04. The molecule has 0 fully saturated rings. The van der Waals surface area contributed by atoms with Crippen LogP contribution in [0.2, 0.25) is 0 Å². The van der Waals surface area contributed by atoms with Gasteiger partial charge in [-0.1, -0.05) is 0 Å². The predicted molar refractivity (Wildman–Crippen MR) is 55.8 cm³/mol. The molecule has 1 aliphatic rings. The molecule has 4 heteroatoms. The zero-order valence-corrected chi connectivity index (χ0v) is 8.20. The third kappa shape index (κ3) is 1.18. The molecular weight excluding hydrogens is 164 g/mol. The van der Waals surface area contributed by atoms with Crippen LogP contribution in [0.5, 0.6) is 0 Å². The van der Waals surface area contributed by atoms with Crippen molar-refractivity contribution in [3.63, 3.8) is 0 Å². The van der Waals surface area contributed by atoms with Crippen LogP contribution in [0, 0.1) is 0 Å². The molecule has 1 N–H and O–H groups in total. The maximum absolute atomic E-state index is 4.28. The number of allylic oxidation sites excluding steroid dienone is 1. The number of hydrogen-bond acceptors (Lipinski definition) is 3. The molecule has 0 unspecified atom stereocenters. The number of aromatic nitrogens is 2. The molecule has 0 saturated heterocycles. The molecule has 0 amide bonds. The van der Waals surface area contributed by atoms with E-state index >= 15 is 0 Å². The first kappa shape index (κ1) is 8.16. The predicted octanol–water partition coefficient (Wildman–Crippen LogP) is 1.87. The summed E-state index contributed by atoms with van der Waals surface area (Å²) in [5.74, 6) is 1.13. The third-order valence-electron chi connectivity index (χ3n) is 2.16. The number of anilines is 2. The third-order valence-corrected chi connectivity index (χ3v) is 2.16. The first-order valence-corrected chi connectivity index (χ1v) is 4.46.